The van der Waals surface area contributed by atoms with Crippen LogP contribution >= 0.6 is 11.3 Å². The van der Waals surface area contributed by atoms with Crippen LogP contribution in [-0.4, -0.2) is 27.1 Å². The van der Waals surface area contributed by atoms with Crippen LogP contribution in [0.15, 0.2) is 12.5 Å². The standard InChI is InChI=1S/C18H27N3OS/c1-2-20-14-7-3-12(4-8-14)9-15(22)17-18(13-5-6-13)23-16-10-19-11-21(16)17/h10-15,20,22H,2-9H2,1H3. The quantitative estimate of drug-likeness (QED) is 0.844. The lowest BCUT2D eigenvalue weighted by Crippen LogP contribution is -2.33. The van der Waals surface area contributed by atoms with E-state index in [1.165, 1.54) is 48.2 Å². The molecule has 2 heterocycles. The number of hydrogen-bond donors (Lipinski definition) is 2. The van der Waals surface area contributed by atoms with Crippen molar-refractivity contribution in [1.29, 1.82) is 0 Å². The van der Waals surface area contributed by atoms with Crippen LogP contribution in [0.1, 0.15) is 74.5 Å². The Morgan fingerprint density at radius 2 is 2.09 bits per heavy atom. The van der Waals surface area contributed by atoms with Crippen LogP contribution in [0.4, 0.5) is 0 Å². The molecule has 1 atom stereocenters. The first-order valence-electron chi connectivity index (χ1n) is 9.12. The molecule has 0 spiro atoms. The molecule has 2 aliphatic rings. The number of aliphatic hydroxyl groups excluding tert-OH is 1. The normalized spacial score (nSPS) is 26.7. The van der Waals surface area contributed by atoms with Gasteiger partial charge in [0, 0.05) is 10.9 Å². The highest BCUT2D eigenvalue weighted by Crippen LogP contribution is 2.48. The van der Waals surface area contributed by atoms with Gasteiger partial charge in [0.2, 0.25) is 0 Å². The minimum absolute atomic E-state index is 0.339. The van der Waals surface area contributed by atoms with Gasteiger partial charge >= 0.3 is 0 Å². The zero-order chi connectivity index (χ0) is 15.8. The first-order chi connectivity index (χ1) is 11.3. The van der Waals surface area contributed by atoms with Crippen molar-refractivity contribution < 1.29 is 5.11 Å². The Morgan fingerprint density at radius 1 is 1.30 bits per heavy atom. The highest BCUT2D eigenvalue weighted by atomic mass is 32.1. The van der Waals surface area contributed by atoms with Gasteiger partial charge < -0.3 is 10.4 Å². The molecule has 1 unspecified atom stereocenters. The van der Waals surface area contributed by atoms with Crippen molar-refractivity contribution in [2.75, 3.05) is 6.54 Å². The predicted molar refractivity (Wildman–Crippen MR) is 94.0 cm³/mol. The van der Waals surface area contributed by atoms with Crippen LogP contribution in [0.3, 0.4) is 0 Å². The first kappa shape index (κ1) is 15.6. The minimum atomic E-state index is -0.339. The minimum Gasteiger partial charge on any atom is -0.387 e. The van der Waals surface area contributed by atoms with Crippen LogP contribution in [0.5, 0.6) is 0 Å². The summed E-state index contributed by atoms with van der Waals surface area (Å²) in [4.78, 5) is 6.85. The largest absolute Gasteiger partial charge is 0.387 e. The lowest BCUT2D eigenvalue weighted by Gasteiger charge is -2.30. The van der Waals surface area contributed by atoms with Crippen molar-refractivity contribution in [2.45, 2.75) is 69.9 Å². The van der Waals surface area contributed by atoms with Crippen LogP contribution in [0, 0.1) is 5.92 Å². The molecule has 5 heteroatoms. The van der Waals surface area contributed by atoms with Crippen LogP contribution < -0.4 is 5.32 Å². The molecule has 2 aliphatic carbocycles. The number of rotatable bonds is 6. The van der Waals surface area contributed by atoms with Crippen molar-refractivity contribution in [3.63, 3.8) is 0 Å². The third-order valence-electron chi connectivity index (χ3n) is 5.49. The Balaban J connectivity index is 1.46. The smallest absolute Gasteiger partial charge is 0.120 e. The molecule has 0 aliphatic heterocycles. The molecule has 0 amide bonds. The summed E-state index contributed by atoms with van der Waals surface area (Å²) < 4.78 is 2.13. The second-order valence-corrected chi connectivity index (χ2v) is 8.32. The summed E-state index contributed by atoms with van der Waals surface area (Å²) >= 11 is 1.83. The third-order valence-corrected chi connectivity index (χ3v) is 6.76. The van der Waals surface area contributed by atoms with E-state index < -0.39 is 0 Å². The van der Waals surface area contributed by atoms with Gasteiger partial charge in [-0.25, -0.2) is 4.98 Å². The Labute approximate surface area is 141 Å². The fraction of sp³-hybridized carbons (Fsp3) is 0.722. The van der Waals surface area contributed by atoms with Crippen molar-refractivity contribution in [1.82, 2.24) is 14.7 Å². The van der Waals surface area contributed by atoms with E-state index in [0.717, 1.165) is 18.7 Å². The number of hydrogen-bond acceptors (Lipinski definition) is 4. The third kappa shape index (κ3) is 3.19. The molecule has 2 aromatic rings. The Hall–Kier alpha value is -0.910. The summed E-state index contributed by atoms with van der Waals surface area (Å²) in [5.74, 6) is 1.35. The fourth-order valence-electron chi connectivity index (χ4n) is 4.10. The highest BCUT2D eigenvalue weighted by molar-refractivity contribution is 7.17. The van der Waals surface area contributed by atoms with Gasteiger partial charge in [0.25, 0.3) is 0 Å². The van der Waals surface area contributed by atoms with E-state index in [4.69, 9.17) is 0 Å². The number of aliphatic hydroxyl groups is 1. The molecule has 2 fully saturated rings. The zero-order valence-corrected chi connectivity index (χ0v) is 14.7. The molecule has 2 saturated carbocycles. The maximum atomic E-state index is 10.9. The molecular weight excluding hydrogens is 306 g/mol. The van der Waals surface area contributed by atoms with Crippen LogP contribution in [-0.2, 0) is 0 Å². The van der Waals surface area contributed by atoms with E-state index >= 15 is 0 Å². The topological polar surface area (TPSA) is 49.6 Å². The number of fused-ring (bicyclic) bond motifs is 1. The summed E-state index contributed by atoms with van der Waals surface area (Å²) in [6, 6.07) is 0.692. The average molecular weight is 334 g/mol. The van der Waals surface area contributed by atoms with E-state index in [9.17, 15) is 5.11 Å². The maximum absolute atomic E-state index is 10.9. The maximum Gasteiger partial charge on any atom is 0.120 e. The summed E-state index contributed by atoms with van der Waals surface area (Å²) in [7, 11) is 0. The number of imidazole rings is 1. The lowest BCUT2D eigenvalue weighted by atomic mass is 9.82. The average Bonchev–Trinajstić information content (AvgIpc) is 3.18. The van der Waals surface area contributed by atoms with Gasteiger partial charge in [0.1, 0.15) is 11.2 Å². The second kappa shape index (κ2) is 6.54. The molecule has 0 saturated heterocycles. The monoisotopic (exact) mass is 333 g/mol. The molecule has 0 radical (unpaired) electrons. The van der Waals surface area contributed by atoms with Gasteiger partial charge in [0.05, 0.1) is 18.0 Å². The van der Waals surface area contributed by atoms with E-state index in [1.54, 1.807) is 0 Å². The van der Waals surface area contributed by atoms with Gasteiger partial charge in [-0.3, -0.25) is 4.40 Å². The van der Waals surface area contributed by atoms with Gasteiger partial charge in [-0.2, -0.15) is 0 Å². The Bertz CT molecular complexity index is 652. The van der Waals surface area contributed by atoms with Crippen molar-refractivity contribution in [3.05, 3.63) is 23.1 Å². The predicted octanol–water partition coefficient (Wildman–Crippen LogP) is 3.87. The van der Waals surface area contributed by atoms with Gasteiger partial charge in [-0.1, -0.05) is 6.92 Å². The van der Waals surface area contributed by atoms with Crippen LogP contribution in [0.2, 0.25) is 0 Å². The van der Waals surface area contributed by atoms with Crippen molar-refractivity contribution in [3.8, 4) is 0 Å². The molecular formula is C18H27N3OS. The van der Waals surface area contributed by atoms with Gasteiger partial charge in [-0.05, 0) is 63.3 Å². The summed E-state index contributed by atoms with van der Waals surface area (Å²) in [5, 5.41) is 14.5. The second-order valence-electron chi connectivity index (χ2n) is 7.25. The highest BCUT2D eigenvalue weighted by Gasteiger charge is 2.33. The van der Waals surface area contributed by atoms with E-state index in [-0.39, 0.29) is 6.10 Å². The van der Waals surface area contributed by atoms with Gasteiger partial charge in [-0.15, -0.1) is 11.3 Å². The molecule has 23 heavy (non-hydrogen) atoms. The molecule has 2 N–H and O–H groups in total. The number of nitrogens with zero attached hydrogens (tertiary/aromatic N) is 2. The molecule has 4 nitrogen and oxygen atoms in total. The molecule has 0 aromatic carbocycles. The SMILES string of the molecule is CCNC1CCC(CC(O)c2c(C3CC3)sc3cncn23)CC1. The zero-order valence-electron chi connectivity index (χ0n) is 13.9. The van der Waals surface area contributed by atoms with Gasteiger partial charge in [0.15, 0.2) is 0 Å². The Kier molecular flexibility index (Phi) is 4.43. The van der Waals surface area contributed by atoms with E-state index in [1.807, 2.05) is 23.9 Å². The van der Waals surface area contributed by atoms with E-state index in [0.29, 0.717) is 17.9 Å². The fourth-order valence-corrected chi connectivity index (χ4v) is 5.43. The van der Waals surface area contributed by atoms with Crippen LogP contribution in [0.25, 0.3) is 4.83 Å². The summed E-state index contributed by atoms with van der Waals surface area (Å²) in [6.45, 7) is 3.25. The molecule has 126 valence electrons. The summed E-state index contributed by atoms with van der Waals surface area (Å²) in [6.07, 6.45) is 11.9. The molecule has 2 aromatic heterocycles. The molecule has 0 bridgehead atoms. The number of aromatic nitrogens is 2. The molecule has 4 rings (SSSR count). The van der Waals surface area contributed by atoms with Crippen molar-refractivity contribution >= 4 is 16.2 Å². The summed E-state index contributed by atoms with van der Waals surface area (Å²) in [5.41, 5.74) is 1.14. The Morgan fingerprint density at radius 3 is 2.78 bits per heavy atom. The van der Waals surface area contributed by atoms with Crippen molar-refractivity contribution in [2.24, 2.45) is 5.92 Å². The number of nitrogens with one attached hydrogen (secondary N) is 1. The lowest BCUT2D eigenvalue weighted by molar-refractivity contribution is 0.121. The first-order valence-corrected chi connectivity index (χ1v) is 9.94. The number of thiazole rings is 1. The van der Waals surface area contributed by atoms with E-state index in [2.05, 4.69) is 21.6 Å².